The second-order valence-corrected chi connectivity index (χ2v) is 29.9. The minimum atomic E-state index is -1.09. The molecule has 760 valence electrons. The quantitative estimate of drug-likeness (QED) is 0.0374. The van der Waals surface area contributed by atoms with Crippen LogP contribution in [0.1, 0.15) is 81.6 Å². The molecule has 0 heterocycles. The summed E-state index contributed by atoms with van der Waals surface area (Å²) in [4.78, 5) is 94.4. The molecule has 4 rings (SSSR count). The lowest BCUT2D eigenvalue weighted by Crippen LogP contribution is -2.55. The van der Waals surface area contributed by atoms with Gasteiger partial charge in [-0.25, -0.2) is 9.59 Å². The Kier molecular flexibility index (Phi) is 74.3. The number of likely N-dealkylation sites (N-methyl/N-ethyl adjacent to an activating group) is 1. The van der Waals surface area contributed by atoms with Gasteiger partial charge in [0.1, 0.15) is 18.1 Å². The number of primary amides is 1. The molecule has 9 N–H and O–H groups in total. The van der Waals surface area contributed by atoms with Gasteiger partial charge in [-0.3, -0.25) is 28.9 Å². The molecule has 8 amide bonds. The van der Waals surface area contributed by atoms with Crippen molar-refractivity contribution in [3.63, 3.8) is 0 Å². The minimum Gasteiger partial charge on any atom is -0.436 e. The first-order valence-electron chi connectivity index (χ1n) is 46.3. The average Bonchev–Trinajstić information content (AvgIpc) is 1.61. The van der Waals surface area contributed by atoms with Gasteiger partial charge < -0.3 is 161 Å². The molecule has 0 spiro atoms. The van der Waals surface area contributed by atoms with Crippen LogP contribution in [0.25, 0.3) is 11.1 Å². The van der Waals surface area contributed by atoms with Gasteiger partial charge in [-0.2, -0.15) is 0 Å². The predicted octanol–water partition coefficient (Wildman–Crippen LogP) is 3.61. The summed E-state index contributed by atoms with van der Waals surface area (Å²) in [5, 5.41) is 25.8. The lowest BCUT2D eigenvalue weighted by molar-refractivity contribution is -0.132. The molecule has 0 aromatic heterocycles. The second kappa shape index (κ2) is 83.9. The van der Waals surface area contributed by atoms with Gasteiger partial charge in [0, 0.05) is 63.4 Å². The SMILES string of the molecule is COCCOCCOCCOCCOCCOCCOCCOCCOCCOCCOCCOCCOCCOCCOCCOCCOCCOCCOCCOCCOCCOCCOCCOCCC(=O)NCCCC[C@@H](C(=O)NCCC(=O)N[C@H](C(=O)N[C@@H](CCCNC(N)=O)C(=O)Nc1ccc(CO)cc1)C(C)C)N(C)C(=O)OC1c2ccccc2-c2ccccc21. The molecule has 1 aliphatic rings. The van der Waals surface area contributed by atoms with Crippen molar-refractivity contribution in [2.45, 2.75) is 89.6 Å². The van der Waals surface area contributed by atoms with Crippen molar-refractivity contribution >= 4 is 47.3 Å². The van der Waals surface area contributed by atoms with Crippen LogP contribution in [-0.2, 0) is 149 Å². The molecule has 41 heteroatoms. The van der Waals surface area contributed by atoms with Crippen LogP contribution in [0.2, 0.25) is 0 Å². The zero-order chi connectivity index (χ0) is 95.4. The largest absolute Gasteiger partial charge is 0.436 e. The molecule has 0 bridgehead atoms. The Morgan fingerprint density at radius 1 is 0.353 bits per heavy atom. The maximum atomic E-state index is 14.1. The van der Waals surface area contributed by atoms with Gasteiger partial charge in [0.15, 0.2) is 6.10 Å². The van der Waals surface area contributed by atoms with E-state index in [1.165, 1.54) is 11.9 Å². The number of nitrogens with two attached hydrogens (primary N) is 1. The molecule has 0 radical (unpaired) electrons. The summed E-state index contributed by atoms with van der Waals surface area (Å²) in [6.45, 7) is 24.8. The Morgan fingerprint density at radius 3 is 1.02 bits per heavy atom. The van der Waals surface area contributed by atoms with Gasteiger partial charge in [-0.15, -0.1) is 0 Å². The standard InChI is InChI=1S/C92H154N8O33/c1-75(2)86(90(106)98-82(16-11-25-96-91(93)107)88(104)97-77-20-18-76(74-101)19-21-77)99-85(103)22-26-95-89(105)83(100(3)92(108)133-87-80-14-7-5-12-78(80)79-13-6-8-15-81(79)87)17-9-10-24-94-84(102)23-27-110-30-31-112-34-35-114-38-39-116-42-43-118-46-47-120-50-51-122-54-55-124-58-59-126-62-63-128-66-67-130-70-71-132-73-72-131-69-68-129-65-64-127-61-60-125-57-56-123-53-52-121-49-48-119-45-44-117-41-40-115-37-36-113-33-32-111-29-28-109-4/h5-8,12-15,18-21,75,82-83,86-87,101H,9-11,16-17,22-74H2,1-4H3,(H,94,102)(H,95,105)(H,97,104)(H,98,106)(H,99,103)(H3,93,96,107)/t82-,83-,86-/m0/s1. The first-order chi connectivity index (χ1) is 65.2. The Balaban J connectivity index is 0.860. The summed E-state index contributed by atoms with van der Waals surface area (Å²) >= 11 is 0. The third kappa shape index (κ3) is 62.8. The summed E-state index contributed by atoms with van der Waals surface area (Å²) in [7, 11) is 3.12. The number of nitrogens with one attached hydrogen (secondary N) is 6. The van der Waals surface area contributed by atoms with Crippen LogP contribution in [-0.4, -0.2) is 414 Å². The van der Waals surface area contributed by atoms with Crippen LogP contribution in [0, 0.1) is 5.92 Å². The number of aliphatic hydroxyl groups is 1. The van der Waals surface area contributed by atoms with Gasteiger partial charge in [0.25, 0.3) is 0 Å². The van der Waals surface area contributed by atoms with Crippen molar-refractivity contribution in [3.8, 4) is 11.1 Å². The molecule has 0 saturated carbocycles. The van der Waals surface area contributed by atoms with Gasteiger partial charge in [0.05, 0.1) is 317 Å². The van der Waals surface area contributed by atoms with Crippen molar-refractivity contribution < 1.29 is 157 Å². The van der Waals surface area contributed by atoms with E-state index in [0.717, 1.165) is 22.3 Å². The number of carbonyl (C=O) groups is 7. The number of aliphatic hydroxyl groups excluding tert-OH is 1. The molecule has 0 aliphatic heterocycles. The van der Waals surface area contributed by atoms with Gasteiger partial charge in [0.2, 0.25) is 29.5 Å². The maximum Gasteiger partial charge on any atom is 0.411 e. The molecule has 3 atom stereocenters. The lowest BCUT2D eigenvalue weighted by Gasteiger charge is -2.28. The Morgan fingerprint density at radius 2 is 0.684 bits per heavy atom. The maximum absolute atomic E-state index is 14.1. The highest BCUT2D eigenvalue weighted by molar-refractivity contribution is 5.98. The lowest BCUT2D eigenvalue weighted by atomic mass is 10.0. The number of unbranched alkanes of at least 4 members (excludes halogenated alkanes) is 1. The number of amides is 8. The molecule has 0 unspecified atom stereocenters. The van der Waals surface area contributed by atoms with Crippen LogP contribution in [0.5, 0.6) is 0 Å². The van der Waals surface area contributed by atoms with Crippen molar-refractivity contribution in [3.05, 3.63) is 89.5 Å². The third-order valence-corrected chi connectivity index (χ3v) is 19.3. The third-order valence-electron chi connectivity index (χ3n) is 19.3. The minimum absolute atomic E-state index is 0.108. The van der Waals surface area contributed by atoms with Crippen molar-refractivity contribution in [2.75, 3.05) is 350 Å². The fourth-order valence-corrected chi connectivity index (χ4v) is 12.2. The smallest absolute Gasteiger partial charge is 0.411 e. The zero-order valence-corrected chi connectivity index (χ0v) is 78.9. The number of ether oxygens (including phenoxy) is 25. The number of benzene rings is 3. The number of anilines is 1. The van der Waals surface area contributed by atoms with Crippen LogP contribution < -0.4 is 37.6 Å². The van der Waals surface area contributed by atoms with Crippen LogP contribution in [0.4, 0.5) is 15.3 Å². The number of carbonyl (C=O) groups excluding carboxylic acids is 7. The molecule has 0 fully saturated rings. The van der Waals surface area contributed by atoms with E-state index in [1.54, 1.807) is 45.2 Å². The number of hydrogen-bond acceptors (Lipinski definition) is 33. The summed E-state index contributed by atoms with van der Waals surface area (Å²) in [6, 6.07) is 17.8. The average molecular weight is 1900 g/mol. The van der Waals surface area contributed by atoms with Crippen LogP contribution in [0.15, 0.2) is 72.8 Å². The molecule has 3 aromatic rings. The van der Waals surface area contributed by atoms with E-state index in [1.807, 2.05) is 48.5 Å². The molecular weight excluding hydrogens is 1750 g/mol. The molecule has 41 nitrogen and oxygen atoms in total. The van der Waals surface area contributed by atoms with E-state index in [0.29, 0.717) is 328 Å². The van der Waals surface area contributed by atoms with Gasteiger partial charge in [-0.1, -0.05) is 74.5 Å². The Hall–Kier alpha value is -7.45. The monoisotopic (exact) mass is 1900 g/mol. The van der Waals surface area contributed by atoms with Crippen molar-refractivity contribution in [2.24, 2.45) is 11.7 Å². The summed E-state index contributed by atoms with van der Waals surface area (Å²) in [6.07, 6.45) is -0.152. The molecule has 0 saturated heterocycles. The van der Waals surface area contributed by atoms with E-state index in [9.17, 15) is 38.7 Å². The zero-order valence-electron chi connectivity index (χ0n) is 78.9. The summed E-state index contributed by atoms with van der Waals surface area (Å²) < 4.78 is 138. The van der Waals surface area contributed by atoms with E-state index in [4.69, 9.17) is 124 Å². The first-order valence-corrected chi connectivity index (χ1v) is 46.3. The highest BCUT2D eigenvalue weighted by Crippen LogP contribution is 2.45. The fraction of sp³-hybridized carbons (Fsp3) is 0.728. The summed E-state index contributed by atoms with van der Waals surface area (Å²) in [5.41, 5.74) is 9.76. The topological polar surface area (TPSA) is 472 Å². The van der Waals surface area contributed by atoms with Crippen molar-refractivity contribution in [1.29, 1.82) is 0 Å². The Labute approximate surface area is 784 Å². The normalized spacial score (nSPS) is 12.5. The molecular formula is C92H154N8O33. The molecule has 133 heavy (non-hydrogen) atoms. The molecule has 1 aliphatic carbocycles. The molecule has 3 aromatic carbocycles. The Bertz CT molecular complexity index is 3320. The first kappa shape index (κ1) is 118. The highest BCUT2D eigenvalue weighted by atomic mass is 16.6. The van der Waals surface area contributed by atoms with E-state index < -0.39 is 65.9 Å². The van der Waals surface area contributed by atoms with E-state index in [2.05, 4.69) is 31.9 Å². The van der Waals surface area contributed by atoms with Gasteiger partial charge in [-0.05, 0) is 66.8 Å². The second-order valence-electron chi connectivity index (χ2n) is 29.9. The highest BCUT2D eigenvalue weighted by Gasteiger charge is 2.36. The fourth-order valence-electron chi connectivity index (χ4n) is 12.2. The number of methoxy groups -OCH3 is 1. The number of rotatable bonds is 94. The van der Waals surface area contributed by atoms with Crippen molar-refractivity contribution in [1.82, 2.24) is 31.5 Å². The predicted molar refractivity (Wildman–Crippen MR) is 488 cm³/mol. The number of fused-ring (bicyclic) bond motifs is 3. The number of hydrogen-bond donors (Lipinski definition) is 8. The van der Waals surface area contributed by atoms with E-state index in [-0.39, 0.29) is 70.9 Å². The van der Waals surface area contributed by atoms with E-state index >= 15 is 0 Å². The van der Waals surface area contributed by atoms with Crippen LogP contribution in [0.3, 0.4) is 0 Å². The van der Waals surface area contributed by atoms with Gasteiger partial charge >= 0.3 is 12.1 Å². The number of urea groups is 1. The summed E-state index contributed by atoms with van der Waals surface area (Å²) in [5.74, 6) is -2.96. The van der Waals surface area contributed by atoms with Crippen LogP contribution >= 0.6 is 0 Å². The number of nitrogens with zero attached hydrogens (tertiary/aromatic N) is 1.